The van der Waals surface area contributed by atoms with Gasteiger partial charge in [-0.3, -0.25) is 4.79 Å². The van der Waals surface area contributed by atoms with E-state index < -0.39 is 0 Å². The fourth-order valence-corrected chi connectivity index (χ4v) is 2.58. The highest BCUT2D eigenvalue weighted by molar-refractivity contribution is 5.92. The van der Waals surface area contributed by atoms with E-state index in [0.717, 1.165) is 24.1 Å². The molecule has 0 radical (unpaired) electrons. The number of carbonyl (C=O) groups excluding carboxylic acids is 1. The Labute approximate surface area is 122 Å². The van der Waals surface area contributed by atoms with E-state index in [2.05, 4.69) is 32.2 Å². The minimum Gasteiger partial charge on any atom is -0.330 e. The summed E-state index contributed by atoms with van der Waals surface area (Å²) in [5.74, 6) is 0.912. The molecule has 0 aliphatic rings. The van der Waals surface area contributed by atoms with Gasteiger partial charge in [-0.1, -0.05) is 39.0 Å². The molecule has 1 rings (SSSR count). The molecule has 3 nitrogen and oxygen atoms in total. The molecule has 0 aliphatic carbocycles. The molecule has 0 aromatic heterocycles. The van der Waals surface area contributed by atoms with Crippen molar-refractivity contribution in [2.24, 2.45) is 17.6 Å². The quantitative estimate of drug-likeness (QED) is 0.800. The minimum absolute atomic E-state index is 0.0742. The molecule has 0 unspecified atom stereocenters. The van der Waals surface area contributed by atoms with Crippen molar-refractivity contribution in [2.45, 2.75) is 47.0 Å². The van der Waals surface area contributed by atoms with E-state index in [9.17, 15) is 4.79 Å². The summed E-state index contributed by atoms with van der Waals surface area (Å²) < 4.78 is 0. The number of hydrogen-bond acceptors (Lipinski definition) is 2. The van der Waals surface area contributed by atoms with E-state index in [0.29, 0.717) is 18.9 Å². The number of nitrogens with one attached hydrogen (secondary N) is 1. The van der Waals surface area contributed by atoms with E-state index in [1.54, 1.807) is 0 Å². The summed E-state index contributed by atoms with van der Waals surface area (Å²) in [6, 6.07) is 6.13. The monoisotopic (exact) mass is 276 g/mol. The first-order chi connectivity index (χ1) is 9.47. The first-order valence-corrected chi connectivity index (χ1v) is 7.56. The van der Waals surface area contributed by atoms with Gasteiger partial charge in [-0.15, -0.1) is 0 Å². The third-order valence-corrected chi connectivity index (χ3v) is 3.62. The lowest BCUT2D eigenvalue weighted by Gasteiger charge is -2.18. The number of rotatable bonds is 7. The lowest BCUT2D eigenvalue weighted by molar-refractivity contribution is -0.117. The van der Waals surface area contributed by atoms with Crippen LogP contribution in [-0.2, 0) is 11.2 Å². The van der Waals surface area contributed by atoms with E-state index >= 15 is 0 Å². The predicted octanol–water partition coefficient (Wildman–Crippen LogP) is 3.51. The van der Waals surface area contributed by atoms with Crippen LogP contribution < -0.4 is 11.1 Å². The van der Waals surface area contributed by atoms with Gasteiger partial charge < -0.3 is 11.1 Å². The number of benzene rings is 1. The molecule has 20 heavy (non-hydrogen) atoms. The van der Waals surface area contributed by atoms with Crippen LogP contribution in [0.2, 0.25) is 0 Å². The fourth-order valence-electron chi connectivity index (χ4n) is 2.58. The molecule has 1 aromatic carbocycles. The second-order valence-electron chi connectivity index (χ2n) is 5.95. The van der Waals surface area contributed by atoms with Crippen LogP contribution in [0.5, 0.6) is 0 Å². The summed E-state index contributed by atoms with van der Waals surface area (Å²) in [7, 11) is 0. The van der Waals surface area contributed by atoms with Crippen LogP contribution in [0.25, 0.3) is 0 Å². The van der Waals surface area contributed by atoms with Crippen molar-refractivity contribution >= 4 is 11.6 Å². The molecule has 1 atom stereocenters. The van der Waals surface area contributed by atoms with Gasteiger partial charge in [-0.25, -0.2) is 0 Å². The Morgan fingerprint density at radius 2 is 2.05 bits per heavy atom. The molecule has 0 saturated heterocycles. The van der Waals surface area contributed by atoms with Crippen molar-refractivity contribution in [3.63, 3.8) is 0 Å². The molecule has 3 N–H and O–H groups in total. The summed E-state index contributed by atoms with van der Waals surface area (Å²) in [6.45, 7) is 9.03. The summed E-state index contributed by atoms with van der Waals surface area (Å²) in [5.41, 5.74) is 9.04. The Kier molecular flexibility index (Phi) is 6.73. The van der Waals surface area contributed by atoms with Gasteiger partial charge in [0, 0.05) is 12.1 Å². The molecule has 1 aromatic rings. The second-order valence-corrected chi connectivity index (χ2v) is 5.95. The molecular weight excluding hydrogens is 248 g/mol. The van der Waals surface area contributed by atoms with Crippen LogP contribution >= 0.6 is 0 Å². The maximum atomic E-state index is 12.2. The van der Waals surface area contributed by atoms with E-state index in [1.807, 2.05) is 19.1 Å². The molecule has 0 saturated carbocycles. The first-order valence-electron chi connectivity index (χ1n) is 7.56. The Balaban J connectivity index is 2.71. The largest absolute Gasteiger partial charge is 0.330 e. The van der Waals surface area contributed by atoms with Gasteiger partial charge in [-0.05, 0) is 49.3 Å². The van der Waals surface area contributed by atoms with Crippen LogP contribution in [0.3, 0.4) is 0 Å². The van der Waals surface area contributed by atoms with Gasteiger partial charge in [0.2, 0.25) is 5.91 Å². The number of nitrogens with two attached hydrogens (primary N) is 1. The summed E-state index contributed by atoms with van der Waals surface area (Å²) in [4.78, 5) is 12.2. The Morgan fingerprint density at radius 1 is 1.35 bits per heavy atom. The highest BCUT2D eigenvalue weighted by atomic mass is 16.1. The van der Waals surface area contributed by atoms with Crippen LogP contribution in [-0.4, -0.2) is 12.5 Å². The molecular formula is C17H28N2O. The SMILES string of the molecule is CCc1cccc(C)c1NC(=O)C[C@@H](CN)CC(C)C. The number of hydrogen-bond donors (Lipinski definition) is 2. The lowest BCUT2D eigenvalue weighted by atomic mass is 9.94. The normalized spacial score (nSPS) is 12.5. The first kappa shape index (κ1) is 16.7. The van der Waals surface area contributed by atoms with Gasteiger partial charge in [0.05, 0.1) is 0 Å². The summed E-state index contributed by atoms with van der Waals surface area (Å²) in [5, 5.41) is 3.07. The van der Waals surface area contributed by atoms with Gasteiger partial charge in [0.25, 0.3) is 0 Å². The second kappa shape index (κ2) is 8.05. The van der Waals surface area contributed by atoms with Crippen molar-refractivity contribution < 1.29 is 4.79 Å². The minimum atomic E-state index is 0.0742. The van der Waals surface area contributed by atoms with E-state index in [-0.39, 0.29) is 11.8 Å². The van der Waals surface area contributed by atoms with Crippen molar-refractivity contribution in [1.82, 2.24) is 0 Å². The molecule has 0 fully saturated rings. The number of aryl methyl sites for hydroxylation is 2. The number of anilines is 1. The van der Waals surface area contributed by atoms with Gasteiger partial charge >= 0.3 is 0 Å². The molecule has 1 amide bonds. The van der Waals surface area contributed by atoms with Crippen molar-refractivity contribution in [1.29, 1.82) is 0 Å². The molecule has 0 aliphatic heterocycles. The van der Waals surface area contributed by atoms with Crippen molar-refractivity contribution in [3.05, 3.63) is 29.3 Å². The van der Waals surface area contributed by atoms with Gasteiger partial charge in [-0.2, -0.15) is 0 Å². The maximum absolute atomic E-state index is 12.2. The smallest absolute Gasteiger partial charge is 0.224 e. The van der Waals surface area contributed by atoms with E-state index in [4.69, 9.17) is 5.73 Å². The van der Waals surface area contributed by atoms with Gasteiger partial charge in [0.15, 0.2) is 0 Å². The average Bonchev–Trinajstić information content (AvgIpc) is 2.39. The average molecular weight is 276 g/mol. The summed E-state index contributed by atoms with van der Waals surface area (Å²) in [6.07, 6.45) is 2.42. The zero-order chi connectivity index (χ0) is 15.1. The number of amides is 1. The van der Waals surface area contributed by atoms with Crippen LogP contribution in [0.4, 0.5) is 5.69 Å². The van der Waals surface area contributed by atoms with Crippen molar-refractivity contribution in [3.8, 4) is 0 Å². The maximum Gasteiger partial charge on any atom is 0.224 e. The molecule has 0 heterocycles. The number of carbonyl (C=O) groups is 1. The van der Waals surface area contributed by atoms with E-state index in [1.165, 1.54) is 5.56 Å². The Bertz CT molecular complexity index is 441. The number of para-hydroxylation sites is 1. The highest BCUT2D eigenvalue weighted by Crippen LogP contribution is 2.22. The topological polar surface area (TPSA) is 55.1 Å². The highest BCUT2D eigenvalue weighted by Gasteiger charge is 2.15. The fraction of sp³-hybridized carbons (Fsp3) is 0.588. The summed E-state index contributed by atoms with van der Waals surface area (Å²) >= 11 is 0. The van der Waals surface area contributed by atoms with Crippen LogP contribution in [0, 0.1) is 18.8 Å². The zero-order valence-corrected chi connectivity index (χ0v) is 13.2. The third-order valence-electron chi connectivity index (χ3n) is 3.62. The molecule has 0 spiro atoms. The Morgan fingerprint density at radius 3 is 2.60 bits per heavy atom. The van der Waals surface area contributed by atoms with Crippen LogP contribution in [0.1, 0.15) is 44.7 Å². The standard InChI is InChI=1S/C17H28N2O/c1-5-15-8-6-7-13(4)17(15)19-16(20)10-14(11-18)9-12(2)3/h6-8,12,14H,5,9-11,18H2,1-4H3,(H,19,20)/t14-/m0/s1. The molecule has 0 bridgehead atoms. The zero-order valence-electron chi connectivity index (χ0n) is 13.2. The predicted molar refractivity (Wildman–Crippen MR) is 85.8 cm³/mol. The lowest BCUT2D eigenvalue weighted by Crippen LogP contribution is -2.24. The molecule has 3 heteroatoms. The van der Waals surface area contributed by atoms with Crippen LogP contribution in [0.15, 0.2) is 18.2 Å². The third kappa shape index (κ3) is 4.97. The van der Waals surface area contributed by atoms with Gasteiger partial charge in [0.1, 0.15) is 0 Å². The molecule has 112 valence electrons. The Hall–Kier alpha value is -1.35. The van der Waals surface area contributed by atoms with Crippen molar-refractivity contribution in [2.75, 3.05) is 11.9 Å².